The van der Waals surface area contributed by atoms with Crippen molar-refractivity contribution < 1.29 is 9.59 Å². The molecule has 1 heterocycles. The number of carbonyl (C=O) groups is 2. The fraction of sp³-hybridized carbons (Fsp3) is 0.300. The van der Waals surface area contributed by atoms with Crippen molar-refractivity contribution in [2.45, 2.75) is 26.8 Å². The third-order valence-electron chi connectivity index (χ3n) is 4.67. The molecule has 1 aliphatic rings. The number of carbonyl (C=O) groups excluding carboxylic acids is 2. The fourth-order valence-electron chi connectivity index (χ4n) is 3.14. The lowest BCUT2D eigenvalue weighted by Gasteiger charge is -2.39. The van der Waals surface area contributed by atoms with E-state index < -0.39 is 6.04 Å². The second-order valence-corrected chi connectivity index (χ2v) is 7.02. The quantitative estimate of drug-likeness (QED) is 0.859. The van der Waals surface area contributed by atoms with Gasteiger partial charge in [0, 0.05) is 29.5 Å². The molecule has 2 aromatic carbocycles. The summed E-state index contributed by atoms with van der Waals surface area (Å²) in [6.45, 7) is 6.59. The minimum absolute atomic E-state index is 0.0965. The van der Waals surface area contributed by atoms with Crippen molar-refractivity contribution in [2.24, 2.45) is 0 Å². The second-order valence-electron chi connectivity index (χ2n) is 6.59. The van der Waals surface area contributed by atoms with Crippen LogP contribution in [-0.2, 0) is 4.79 Å². The molecule has 0 bridgehead atoms. The molecule has 0 radical (unpaired) electrons. The van der Waals surface area contributed by atoms with Gasteiger partial charge in [0.05, 0.1) is 0 Å². The molecule has 1 aliphatic heterocycles. The first-order valence-corrected chi connectivity index (χ1v) is 8.96. The first kappa shape index (κ1) is 18.3. The molecular weight excluding hydrogens is 350 g/mol. The van der Waals surface area contributed by atoms with E-state index in [0.717, 1.165) is 22.5 Å². The van der Waals surface area contributed by atoms with Crippen LogP contribution < -0.4 is 10.2 Å². The molecule has 2 aromatic rings. The van der Waals surface area contributed by atoms with Crippen molar-refractivity contribution in [3.05, 3.63) is 58.6 Å². The predicted octanol–water partition coefficient (Wildman–Crippen LogP) is 4.23. The number of anilines is 2. The van der Waals surface area contributed by atoms with E-state index in [9.17, 15) is 9.59 Å². The lowest BCUT2D eigenvalue weighted by atomic mass is 10.1. The highest BCUT2D eigenvalue weighted by Gasteiger charge is 2.35. The van der Waals surface area contributed by atoms with Crippen LogP contribution in [0.3, 0.4) is 0 Å². The van der Waals surface area contributed by atoms with Gasteiger partial charge in [0.25, 0.3) is 0 Å². The van der Waals surface area contributed by atoms with Gasteiger partial charge >= 0.3 is 6.03 Å². The first-order valence-electron chi connectivity index (χ1n) is 8.58. The van der Waals surface area contributed by atoms with E-state index in [1.165, 1.54) is 0 Å². The minimum Gasteiger partial charge on any atom is -0.311 e. The normalized spacial score (nSPS) is 17.4. The SMILES string of the molecule is Cc1ccc(NC(=O)N2CCN(c3ccc(Cl)cc3C)C(=O)[C@@H]2C)cc1. The number of urea groups is 1. The number of piperazine rings is 1. The van der Waals surface area contributed by atoms with E-state index in [1.807, 2.05) is 50.2 Å². The lowest BCUT2D eigenvalue weighted by Crippen LogP contribution is -2.58. The van der Waals surface area contributed by atoms with Crippen LogP contribution >= 0.6 is 11.6 Å². The van der Waals surface area contributed by atoms with E-state index in [0.29, 0.717) is 18.1 Å². The molecule has 0 aliphatic carbocycles. The lowest BCUT2D eigenvalue weighted by molar-refractivity contribution is -0.123. The molecule has 3 amide bonds. The van der Waals surface area contributed by atoms with E-state index >= 15 is 0 Å². The third kappa shape index (κ3) is 3.68. The van der Waals surface area contributed by atoms with Crippen LogP contribution in [0.4, 0.5) is 16.2 Å². The molecule has 136 valence electrons. The van der Waals surface area contributed by atoms with Crippen molar-refractivity contribution in [1.82, 2.24) is 4.90 Å². The van der Waals surface area contributed by atoms with Gasteiger partial charge in [0.15, 0.2) is 0 Å². The van der Waals surface area contributed by atoms with Crippen molar-refractivity contribution in [3.63, 3.8) is 0 Å². The predicted molar refractivity (Wildman–Crippen MR) is 105 cm³/mol. The zero-order chi connectivity index (χ0) is 18.8. The van der Waals surface area contributed by atoms with E-state index in [-0.39, 0.29) is 11.9 Å². The molecule has 0 saturated carbocycles. The Morgan fingerprint density at radius 3 is 2.46 bits per heavy atom. The average molecular weight is 372 g/mol. The third-order valence-corrected chi connectivity index (χ3v) is 4.90. The van der Waals surface area contributed by atoms with Gasteiger partial charge in [0.1, 0.15) is 6.04 Å². The van der Waals surface area contributed by atoms with Gasteiger partial charge in [-0.2, -0.15) is 0 Å². The summed E-state index contributed by atoms with van der Waals surface area (Å²) in [5, 5.41) is 3.50. The maximum absolute atomic E-state index is 12.8. The number of aryl methyl sites for hydroxylation is 2. The number of nitrogens with one attached hydrogen (secondary N) is 1. The van der Waals surface area contributed by atoms with E-state index in [2.05, 4.69) is 5.32 Å². The largest absolute Gasteiger partial charge is 0.322 e. The molecule has 5 nitrogen and oxygen atoms in total. The summed E-state index contributed by atoms with van der Waals surface area (Å²) in [5.74, 6) is -0.0965. The smallest absolute Gasteiger partial charge is 0.311 e. The number of benzene rings is 2. The Morgan fingerprint density at radius 1 is 1.12 bits per heavy atom. The molecular formula is C20H22ClN3O2. The maximum atomic E-state index is 12.8. The molecule has 1 atom stereocenters. The molecule has 0 unspecified atom stereocenters. The van der Waals surface area contributed by atoms with Crippen molar-refractivity contribution in [3.8, 4) is 0 Å². The number of hydrogen-bond acceptors (Lipinski definition) is 2. The minimum atomic E-state index is -0.538. The Labute approximate surface area is 158 Å². The molecule has 3 rings (SSSR count). The topological polar surface area (TPSA) is 52.7 Å². The van der Waals surface area contributed by atoms with E-state index in [1.54, 1.807) is 22.8 Å². The average Bonchev–Trinajstić information content (AvgIpc) is 2.60. The van der Waals surface area contributed by atoms with Gasteiger partial charge in [0.2, 0.25) is 5.91 Å². The summed E-state index contributed by atoms with van der Waals surface area (Å²) < 4.78 is 0. The van der Waals surface area contributed by atoms with Crippen LogP contribution in [0.1, 0.15) is 18.1 Å². The van der Waals surface area contributed by atoms with Gasteiger partial charge in [-0.25, -0.2) is 4.79 Å². The number of nitrogens with zero attached hydrogens (tertiary/aromatic N) is 2. The molecule has 1 N–H and O–H groups in total. The highest BCUT2D eigenvalue weighted by Crippen LogP contribution is 2.27. The molecule has 1 saturated heterocycles. The van der Waals surface area contributed by atoms with Gasteiger partial charge in [-0.15, -0.1) is 0 Å². The molecule has 1 fully saturated rings. The first-order chi connectivity index (χ1) is 12.4. The molecule has 26 heavy (non-hydrogen) atoms. The summed E-state index contributed by atoms with van der Waals surface area (Å²) in [6, 6.07) is 12.2. The molecule has 6 heteroatoms. The molecule has 0 aromatic heterocycles. The highest BCUT2D eigenvalue weighted by molar-refractivity contribution is 6.30. The van der Waals surface area contributed by atoms with Gasteiger partial charge < -0.3 is 15.1 Å². The monoisotopic (exact) mass is 371 g/mol. The van der Waals surface area contributed by atoms with Gasteiger partial charge in [-0.3, -0.25) is 4.79 Å². The van der Waals surface area contributed by atoms with Crippen LogP contribution in [0.25, 0.3) is 0 Å². The van der Waals surface area contributed by atoms with Crippen molar-refractivity contribution >= 4 is 34.9 Å². The number of halogens is 1. The summed E-state index contributed by atoms with van der Waals surface area (Å²) in [5.41, 5.74) is 3.62. The maximum Gasteiger partial charge on any atom is 0.322 e. The Balaban J connectivity index is 1.72. The Bertz CT molecular complexity index is 835. The van der Waals surface area contributed by atoms with Crippen LogP contribution in [0.15, 0.2) is 42.5 Å². The van der Waals surface area contributed by atoms with Gasteiger partial charge in [-0.1, -0.05) is 29.3 Å². The zero-order valence-electron chi connectivity index (χ0n) is 15.1. The van der Waals surface area contributed by atoms with Crippen LogP contribution in [0.5, 0.6) is 0 Å². The molecule has 0 spiro atoms. The number of rotatable bonds is 2. The van der Waals surface area contributed by atoms with Crippen molar-refractivity contribution in [2.75, 3.05) is 23.3 Å². The van der Waals surface area contributed by atoms with Crippen LogP contribution in [0, 0.1) is 13.8 Å². The Kier molecular flexibility index (Phi) is 5.18. The number of hydrogen-bond donors (Lipinski definition) is 1. The standard InChI is InChI=1S/C20H22ClN3O2/c1-13-4-7-17(8-5-13)22-20(26)23-10-11-24(19(25)15(23)3)18-9-6-16(21)12-14(18)2/h4-9,12,15H,10-11H2,1-3H3,(H,22,26)/t15-/m0/s1. The Morgan fingerprint density at radius 2 is 1.81 bits per heavy atom. The zero-order valence-corrected chi connectivity index (χ0v) is 15.9. The second kappa shape index (κ2) is 7.38. The summed E-state index contributed by atoms with van der Waals surface area (Å²) in [4.78, 5) is 28.7. The van der Waals surface area contributed by atoms with Crippen LogP contribution in [-0.4, -0.2) is 36.0 Å². The van der Waals surface area contributed by atoms with E-state index in [4.69, 9.17) is 11.6 Å². The summed E-state index contributed by atoms with van der Waals surface area (Å²) >= 11 is 6.01. The van der Waals surface area contributed by atoms with Crippen LogP contribution in [0.2, 0.25) is 5.02 Å². The van der Waals surface area contributed by atoms with Crippen molar-refractivity contribution in [1.29, 1.82) is 0 Å². The summed E-state index contributed by atoms with van der Waals surface area (Å²) in [6.07, 6.45) is 0. The van der Waals surface area contributed by atoms with Gasteiger partial charge in [-0.05, 0) is 56.7 Å². The highest BCUT2D eigenvalue weighted by atomic mass is 35.5. The summed E-state index contributed by atoms with van der Waals surface area (Å²) in [7, 11) is 0. The Hall–Kier alpha value is -2.53. The fourth-order valence-corrected chi connectivity index (χ4v) is 3.37. The number of amides is 3.